The van der Waals surface area contributed by atoms with Gasteiger partial charge in [-0.05, 0) is 60.6 Å². The summed E-state index contributed by atoms with van der Waals surface area (Å²) in [7, 11) is 0. The summed E-state index contributed by atoms with van der Waals surface area (Å²) in [6, 6.07) is 13.9. The average Bonchev–Trinajstić information content (AvgIpc) is 2.65. The summed E-state index contributed by atoms with van der Waals surface area (Å²) in [6.07, 6.45) is 0.0934. The van der Waals surface area contributed by atoms with Crippen molar-refractivity contribution in [3.63, 3.8) is 0 Å². The summed E-state index contributed by atoms with van der Waals surface area (Å²) in [4.78, 5) is 12.5. The first-order chi connectivity index (χ1) is 13.2. The maximum atomic E-state index is 12.5. The molecule has 0 aliphatic heterocycles. The second-order valence-electron chi connectivity index (χ2n) is 8.15. The SMILES string of the molecule is CCC(Oc1ccc(C)c(C)c1)C(=O)NCCOc1ccccc1C(C)(C)C. The summed E-state index contributed by atoms with van der Waals surface area (Å²) in [5.74, 6) is 1.47. The Bertz CT molecular complexity index is 793. The van der Waals surface area contributed by atoms with E-state index in [1.165, 1.54) is 5.56 Å². The highest BCUT2D eigenvalue weighted by Gasteiger charge is 2.20. The molecule has 1 atom stereocenters. The molecule has 28 heavy (non-hydrogen) atoms. The Morgan fingerprint density at radius 1 is 1.07 bits per heavy atom. The molecular weight excluding hydrogens is 350 g/mol. The fourth-order valence-corrected chi connectivity index (χ4v) is 2.93. The molecule has 0 heterocycles. The lowest BCUT2D eigenvalue weighted by molar-refractivity contribution is -0.128. The number of amides is 1. The van der Waals surface area contributed by atoms with Crippen molar-refractivity contribution in [3.8, 4) is 11.5 Å². The third kappa shape index (κ3) is 6.01. The van der Waals surface area contributed by atoms with Crippen molar-refractivity contribution in [1.29, 1.82) is 0 Å². The first kappa shape index (κ1) is 21.8. The van der Waals surface area contributed by atoms with Crippen LogP contribution >= 0.6 is 0 Å². The lowest BCUT2D eigenvalue weighted by Gasteiger charge is -2.23. The first-order valence-corrected chi connectivity index (χ1v) is 9.96. The number of para-hydroxylation sites is 1. The molecule has 0 fully saturated rings. The van der Waals surface area contributed by atoms with Gasteiger partial charge in [-0.25, -0.2) is 0 Å². The minimum atomic E-state index is -0.510. The quantitative estimate of drug-likeness (QED) is 0.656. The van der Waals surface area contributed by atoms with E-state index in [1.54, 1.807) is 0 Å². The average molecular weight is 384 g/mol. The maximum absolute atomic E-state index is 12.5. The van der Waals surface area contributed by atoms with Gasteiger partial charge >= 0.3 is 0 Å². The predicted molar refractivity (Wildman–Crippen MR) is 114 cm³/mol. The molecule has 0 radical (unpaired) electrons. The van der Waals surface area contributed by atoms with E-state index >= 15 is 0 Å². The van der Waals surface area contributed by atoms with Gasteiger partial charge in [-0.3, -0.25) is 4.79 Å². The predicted octanol–water partition coefficient (Wildman–Crippen LogP) is 4.95. The van der Waals surface area contributed by atoms with E-state index in [0.29, 0.717) is 19.6 Å². The summed E-state index contributed by atoms with van der Waals surface area (Å²) in [5, 5.41) is 2.92. The van der Waals surface area contributed by atoms with Crippen molar-refractivity contribution in [1.82, 2.24) is 5.32 Å². The Kier molecular flexibility index (Phi) is 7.50. The molecule has 0 bridgehead atoms. The fraction of sp³-hybridized carbons (Fsp3) is 0.458. The van der Waals surface area contributed by atoms with Crippen LogP contribution in [0.3, 0.4) is 0 Å². The van der Waals surface area contributed by atoms with Crippen LogP contribution in [0.25, 0.3) is 0 Å². The summed E-state index contributed by atoms with van der Waals surface area (Å²) in [6.45, 7) is 13.4. The molecule has 152 valence electrons. The third-order valence-electron chi connectivity index (χ3n) is 4.77. The van der Waals surface area contributed by atoms with E-state index in [2.05, 4.69) is 39.1 Å². The van der Waals surface area contributed by atoms with Crippen molar-refractivity contribution < 1.29 is 14.3 Å². The van der Waals surface area contributed by atoms with Crippen LogP contribution in [0.2, 0.25) is 0 Å². The molecule has 2 rings (SSSR count). The Hall–Kier alpha value is -2.49. The first-order valence-electron chi connectivity index (χ1n) is 9.96. The number of hydrogen-bond acceptors (Lipinski definition) is 3. The van der Waals surface area contributed by atoms with E-state index in [0.717, 1.165) is 22.6 Å². The van der Waals surface area contributed by atoms with Crippen molar-refractivity contribution in [2.45, 2.75) is 59.5 Å². The van der Waals surface area contributed by atoms with E-state index in [-0.39, 0.29) is 11.3 Å². The molecule has 4 nitrogen and oxygen atoms in total. The number of ether oxygens (including phenoxy) is 2. The Balaban J connectivity index is 1.86. The highest BCUT2D eigenvalue weighted by atomic mass is 16.5. The van der Waals surface area contributed by atoms with Crippen molar-refractivity contribution in [2.75, 3.05) is 13.2 Å². The van der Waals surface area contributed by atoms with E-state index in [4.69, 9.17) is 9.47 Å². The molecule has 1 N–H and O–H groups in total. The zero-order valence-electron chi connectivity index (χ0n) is 18.0. The van der Waals surface area contributed by atoms with Gasteiger partial charge in [0, 0.05) is 0 Å². The third-order valence-corrected chi connectivity index (χ3v) is 4.77. The van der Waals surface area contributed by atoms with Gasteiger partial charge in [-0.2, -0.15) is 0 Å². The number of hydrogen-bond donors (Lipinski definition) is 1. The summed E-state index contributed by atoms with van der Waals surface area (Å²) >= 11 is 0. The number of nitrogens with one attached hydrogen (secondary N) is 1. The Morgan fingerprint density at radius 3 is 2.43 bits per heavy atom. The smallest absolute Gasteiger partial charge is 0.261 e. The molecule has 0 spiro atoms. The highest BCUT2D eigenvalue weighted by Crippen LogP contribution is 2.30. The van der Waals surface area contributed by atoms with Gasteiger partial charge in [0.15, 0.2) is 6.10 Å². The summed E-state index contributed by atoms with van der Waals surface area (Å²) in [5.41, 5.74) is 3.52. The number of benzene rings is 2. The lowest BCUT2D eigenvalue weighted by atomic mass is 9.86. The molecule has 0 aliphatic rings. The molecule has 4 heteroatoms. The van der Waals surface area contributed by atoms with Crippen molar-refractivity contribution in [3.05, 3.63) is 59.2 Å². The van der Waals surface area contributed by atoms with Crippen LogP contribution in [-0.4, -0.2) is 25.2 Å². The van der Waals surface area contributed by atoms with Gasteiger partial charge in [0.25, 0.3) is 5.91 Å². The van der Waals surface area contributed by atoms with Crippen LogP contribution in [-0.2, 0) is 10.2 Å². The second kappa shape index (κ2) is 9.63. The van der Waals surface area contributed by atoms with Gasteiger partial charge < -0.3 is 14.8 Å². The standard InChI is InChI=1S/C24H33NO3/c1-7-21(28-19-13-12-17(2)18(3)16-19)23(26)25-14-15-27-22-11-9-8-10-20(22)24(4,5)6/h8-13,16,21H,7,14-15H2,1-6H3,(H,25,26). The molecule has 0 aliphatic carbocycles. The monoisotopic (exact) mass is 383 g/mol. The Labute approximate surface area is 169 Å². The topological polar surface area (TPSA) is 47.6 Å². The fourth-order valence-electron chi connectivity index (χ4n) is 2.93. The minimum Gasteiger partial charge on any atom is -0.491 e. The van der Waals surface area contributed by atoms with Gasteiger partial charge in [0.2, 0.25) is 0 Å². The van der Waals surface area contributed by atoms with Gasteiger partial charge in [0.05, 0.1) is 6.54 Å². The molecular formula is C24H33NO3. The van der Waals surface area contributed by atoms with E-state index in [9.17, 15) is 4.79 Å². The normalized spacial score (nSPS) is 12.4. The molecule has 1 unspecified atom stereocenters. The van der Waals surface area contributed by atoms with E-state index < -0.39 is 6.10 Å². The van der Waals surface area contributed by atoms with Gasteiger partial charge in [-0.1, -0.05) is 52.0 Å². The zero-order valence-corrected chi connectivity index (χ0v) is 18.0. The highest BCUT2D eigenvalue weighted by molar-refractivity contribution is 5.81. The number of aryl methyl sites for hydroxylation is 2. The van der Waals surface area contributed by atoms with Crippen LogP contribution in [0.15, 0.2) is 42.5 Å². The van der Waals surface area contributed by atoms with Crippen molar-refractivity contribution in [2.24, 2.45) is 0 Å². The largest absolute Gasteiger partial charge is 0.491 e. The molecule has 1 amide bonds. The zero-order chi connectivity index (χ0) is 20.7. The Morgan fingerprint density at radius 2 is 1.79 bits per heavy atom. The minimum absolute atomic E-state index is 0.00710. The van der Waals surface area contributed by atoms with Crippen molar-refractivity contribution >= 4 is 5.91 Å². The van der Waals surface area contributed by atoms with Crippen LogP contribution in [0.4, 0.5) is 0 Å². The van der Waals surface area contributed by atoms with Gasteiger partial charge in [0.1, 0.15) is 18.1 Å². The maximum Gasteiger partial charge on any atom is 0.261 e. The van der Waals surface area contributed by atoms with Gasteiger partial charge in [-0.15, -0.1) is 0 Å². The van der Waals surface area contributed by atoms with Crippen LogP contribution in [0, 0.1) is 13.8 Å². The molecule has 0 saturated carbocycles. The lowest BCUT2D eigenvalue weighted by Crippen LogP contribution is -2.39. The number of carbonyl (C=O) groups is 1. The second-order valence-corrected chi connectivity index (χ2v) is 8.15. The van der Waals surface area contributed by atoms with E-state index in [1.807, 2.05) is 50.2 Å². The molecule has 0 aromatic heterocycles. The van der Waals surface area contributed by atoms with Crippen LogP contribution in [0.1, 0.15) is 50.8 Å². The number of rotatable bonds is 8. The summed E-state index contributed by atoms with van der Waals surface area (Å²) < 4.78 is 11.8. The molecule has 2 aromatic rings. The molecule has 2 aromatic carbocycles. The van der Waals surface area contributed by atoms with Crippen LogP contribution in [0.5, 0.6) is 11.5 Å². The van der Waals surface area contributed by atoms with Crippen LogP contribution < -0.4 is 14.8 Å². The molecule has 0 saturated heterocycles. The number of carbonyl (C=O) groups excluding carboxylic acids is 1.